The number of nitrogens with zero attached hydrogens (tertiary/aromatic N) is 3. The third kappa shape index (κ3) is 2.58. The Bertz CT molecular complexity index is 465. The number of carboxylic acids is 1. The molecule has 5 nitrogen and oxygen atoms in total. The summed E-state index contributed by atoms with van der Waals surface area (Å²) in [5.41, 5.74) is 0. The van der Waals surface area contributed by atoms with Gasteiger partial charge < -0.3 is 9.67 Å². The number of carbonyl (C=O) groups is 1. The Hall–Kier alpha value is -1.39. The first-order valence-electron chi connectivity index (χ1n) is 7.89. The predicted octanol–water partition coefficient (Wildman–Crippen LogP) is 3.14. The molecule has 2 unspecified atom stereocenters. The Labute approximate surface area is 119 Å². The second-order valence-electron chi connectivity index (χ2n) is 6.22. The van der Waals surface area contributed by atoms with E-state index in [0.29, 0.717) is 6.04 Å². The maximum absolute atomic E-state index is 11.5. The molecule has 1 aromatic heterocycles. The smallest absolute Gasteiger partial charge is 0.307 e. The molecule has 2 aliphatic carbocycles. The van der Waals surface area contributed by atoms with Crippen LogP contribution in [0.15, 0.2) is 6.33 Å². The minimum Gasteiger partial charge on any atom is -0.481 e. The van der Waals surface area contributed by atoms with Crippen LogP contribution in [0.1, 0.15) is 75.6 Å². The van der Waals surface area contributed by atoms with Gasteiger partial charge in [0.05, 0.1) is 5.92 Å². The largest absolute Gasteiger partial charge is 0.481 e. The summed E-state index contributed by atoms with van der Waals surface area (Å²) in [7, 11) is 0. The summed E-state index contributed by atoms with van der Waals surface area (Å²) >= 11 is 0. The third-order valence-corrected chi connectivity index (χ3v) is 4.98. The molecule has 2 fully saturated rings. The van der Waals surface area contributed by atoms with Crippen LogP contribution < -0.4 is 0 Å². The van der Waals surface area contributed by atoms with Crippen LogP contribution in [0, 0.1) is 5.92 Å². The van der Waals surface area contributed by atoms with Gasteiger partial charge in [-0.1, -0.05) is 32.1 Å². The van der Waals surface area contributed by atoms with Crippen molar-refractivity contribution in [2.24, 2.45) is 5.92 Å². The van der Waals surface area contributed by atoms with Crippen molar-refractivity contribution in [1.82, 2.24) is 14.8 Å². The van der Waals surface area contributed by atoms with Gasteiger partial charge in [-0.3, -0.25) is 4.79 Å². The molecule has 0 radical (unpaired) electrons. The second kappa shape index (κ2) is 5.94. The van der Waals surface area contributed by atoms with E-state index in [1.807, 2.05) is 6.33 Å². The summed E-state index contributed by atoms with van der Waals surface area (Å²) in [6.45, 7) is 0. The van der Waals surface area contributed by atoms with Gasteiger partial charge in [-0.05, 0) is 25.7 Å². The van der Waals surface area contributed by atoms with E-state index in [2.05, 4.69) is 14.8 Å². The fraction of sp³-hybridized carbons (Fsp3) is 0.800. The maximum atomic E-state index is 11.5. The summed E-state index contributed by atoms with van der Waals surface area (Å²) in [6.07, 6.45) is 11.8. The van der Waals surface area contributed by atoms with Gasteiger partial charge in [0, 0.05) is 12.0 Å². The van der Waals surface area contributed by atoms with E-state index < -0.39 is 5.97 Å². The molecule has 1 N–H and O–H groups in total. The molecule has 110 valence electrons. The van der Waals surface area contributed by atoms with Crippen molar-refractivity contribution < 1.29 is 9.90 Å². The van der Waals surface area contributed by atoms with Crippen LogP contribution >= 0.6 is 0 Å². The molecule has 2 atom stereocenters. The lowest BCUT2D eigenvalue weighted by atomic mass is 9.78. The molecule has 0 bridgehead atoms. The zero-order chi connectivity index (χ0) is 13.9. The topological polar surface area (TPSA) is 68.0 Å². The number of carboxylic acid groups (broad SMARTS) is 1. The Kier molecular flexibility index (Phi) is 4.03. The highest BCUT2D eigenvalue weighted by Crippen LogP contribution is 2.39. The molecular formula is C15H23N3O2. The Balaban J connectivity index is 1.85. The van der Waals surface area contributed by atoms with Crippen molar-refractivity contribution in [3.05, 3.63) is 12.2 Å². The van der Waals surface area contributed by atoms with Crippen LogP contribution in [-0.4, -0.2) is 25.8 Å². The molecule has 20 heavy (non-hydrogen) atoms. The van der Waals surface area contributed by atoms with Gasteiger partial charge in [-0.2, -0.15) is 0 Å². The average Bonchev–Trinajstić information content (AvgIpc) is 2.97. The number of aliphatic carboxylic acids is 1. The van der Waals surface area contributed by atoms with Crippen molar-refractivity contribution in [3.8, 4) is 0 Å². The summed E-state index contributed by atoms with van der Waals surface area (Å²) in [5, 5.41) is 17.8. The van der Waals surface area contributed by atoms with E-state index in [-0.39, 0.29) is 11.8 Å². The lowest BCUT2D eigenvalue weighted by Gasteiger charge is -2.31. The van der Waals surface area contributed by atoms with Crippen LogP contribution in [0.25, 0.3) is 0 Å². The minimum atomic E-state index is -0.673. The summed E-state index contributed by atoms with van der Waals surface area (Å²) in [6, 6.07) is 0.477. The van der Waals surface area contributed by atoms with Gasteiger partial charge in [0.25, 0.3) is 0 Å². The molecule has 1 aromatic rings. The van der Waals surface area contributed by atoms with E-state index in [1.54, 1.807) is 0 Å². The van der Waals surface area contributed by atoms with E-state index in [0.717, 1.165) is 31.5 Å². The maximum Gasteiger partial charge on any atom is 0.307 e. The molecule has 5 heteroatoms. The molecule has 0 aliphatic heterocycles. The predicted molar refractivity (Wildman–Crippen MR) is 74.5 cm³/mol. The van der Waals surface area contributed by atoms with E-state index in [1.165, 1.54) is 32.1 Å². The second-order valence-corrected chi connectivity index (χ2v) is 6.22. The summed E-state index contributed by atoms with van der Waals surface area (Å²) in [5.74, 6) is 0.0119. The first kappa shape index (κ1) is 13.6. The zero-order valence-corrected chi connectivity index (χ0v) is 11.9. The van der Waals surface area contributed by atoms with Crippen LogP contribution in [0.2, 0.25) is 0 Å². The Morgan fingerprint density at radius 3 is 2.55 bits per heavy atom. The van der Waals surface area contributed by atoms with Crippen molar-refractivity contribution in [2.75, 3.05) is 0 Å². The molecule has 2 aliphatic rings. The normalized spacial score (nSPS) is 28.4. The molecule has 0 amide bonds. The molecule has 1 heterocycles. The highest BCUT2D eigenvalue weighted by Gasteiger charge is 2.35. The molecule has 0 spiro atoms. The number of rotatable bonds is 3. The number of aromatic nitrogens is 3. The Morgan fingerprint density at radius 1 is 1.10 bits per heavy atom. The highest BCUT2D eigenvalue weighted by molar-refractivity contribution is 5.71. The van der Waals surface area contributed by atoms with Gasteiger partial charge in [0.15, 0.2) is 0 Å². The molecule has 2 saturated carbocycles. The first-order valence-corrected chi connectivity index (χ1v) is 7.89. The minimum absolute atomic E-state index is 0.0469. The van der Waals surface area contributed by atoms with Crippen LogP contribution in [0.4, 0.5) is 0 Å². The zero-order valence-electron chi connectivity index (χ0n) is 11.9. The van der Waals surface area contributed by atoms with Crippen molar-refractivity contribution in [3.63, 3.8) is 0 Å². The van der Waals surface area contributed by atoms with Crippen LogP contribution in [-0.2, 0) is 4.79 Å². The van der Waals surface area contributed by atoms with Crippen molar-refractivity contribution in [2.45, 2.75) is 69.7 Å². The van der Waals surface area contributed by atoms with Gasteiger partial charge in [0.2, 0.25) is 0 Å². The van der Waals surface area contributed by atoms with Gasteiger partial charge >= 0.3 is 5.97 Å². The fourth-order valence-corrected chi connectivity index (χ4v) is 3.89. The molecule has 0 saturated heterocycles. The first-order chi connectivity index (χ1) is 9.77. The third-order valence-electron chi connectivity index (χ3n) is 4.98. The Morgan fingerprint density at radius 2 is 1.80 bits per heavy atom. The average molecular weight is 277 g/mol. The lowest BCUT2D eigenvalue weighted by molar-refractivity contribution is -0.143. The van der Waals surface area contributed by atoms with E-state index in [4.69, 9.17) is 0 Å². The quantitative estimate of drug-likeness (QED) is 0.921. The number of hydrogen-bond donors (Lipinski definition) is 1. The molecule has 0 aromatic carbocycles. The van der Waals surface area contributed by atoms with Crippen molar-refractivity contribution >= 4 is 5.97 Å². The van der Waals surface area contributed by atoms with E-state index >= 15 is 0 Å². The van der Waals surface area contributed by atoms with Gasteiger partial charge in [-0.25, -0.2) is 0 Å². The van der Waals surface area contributed by atoms with Gasteiger partial charge in [-0.15, -0.1) is 10.2 Å². The van der Waals surface area contributed by atoms with Gasteiger partial charge in [0.1, 0.15) is 12.2 Å². The molecule has 3 rings (SSSR count). The standard InChI is InChI=1S/C15H23N3O2/c19-15(20)13-9-5-4-8-12(13)14-17-16-10-18(14)11-6-2-1-3-7-11/h10-13H,1-9H2,(H,19,20). The number of hydrogen-bond acceptors (Lipinski definition) is 3. The summed E-state index contributed by atoms with van der Waals surface area (Å²) in [4.78, 5) is 11.5. The monoisotopic (exact) mass is 277 g/mol. The van der Waals surface area contributed by atoms with E-state index in [9.17, 15) is 9.90 Å². The van der Waals surface area contributed by atoms with Crippen molar-refractivity contribution in [1.29, 1.82) is 0 Å². The fourth-order valence-electron chi connectivity index (χ4n) is 3.89. The molecular weight excluding hydrogens is 254 g/mol. The highest BCUT2D eigenvalue weighted by atomic mass is 16.4. The SMILES string of the molecule is O=C(O)C1CCCCC1c1nncn1C1CCCCC1. The summed E-state index contributed by atoms with van der Waals surface area (Å²) < 4.78 is 2.19. The van der Waals surface area contributed by atoms with Crippen LogP contribution in [0.3, 0.4) is 0 Å². The van der Waals surface area contributed by atoms with Crippen LogP contribution in [0.5, 0.6) is 0 Å². The lowest BCUT2D eigenvalue weighted by Crippen LogP contribution is -2.28.